The van der Waals surface area contributed by atoms with Crippen LogP contribution in [-0.4, -0.2) is 5.48 Å². The highest BCUT2D eigenvalue weighted by molar-refractivity contribution is 4.85. The molecular formula is C8H16O. The Kier molecular flexibility index (Phi) is 13.1. The highest BCUT2D eigenvalue weighted by Crippen LogP contribution is 2.07. The molecule has 2 N–H and O–H groups in total. The smallest absolute Gasteiger partial charge is 0.0351 e. The van der Waals surface area contributed by atoms with Crippen LogP contribution in [0.25, 0.3) is 0 Å². The Morgan fingerprint density at radius 1 is 0.889 bits per heavy atom. The van der Waals surface area contributed by atoms with Gasteiger partial charge in [0.25, 0.3) is 0 Å². The molecule has 0 spiro atoms. The fraction of sp³-hybridized carbons (Fsp3) is 0.500. The van der Waals surface area contributed by atoms with Crippen molar-refractivity contribution in [2.45, 2.75) is 25.7 Å². The minimum Gasteiger partial charge on any atom is -0.412 e. The van der Waals surface area contributed by atoms with Gasteiger partial charge in [-0.2, -0.15) is 0 Å². The van der Waals surface area contributed by atoms with Gasteiger partial charge in [-0.05, 0) is 25.7 Å². The normalized spacial score (nSPS) is 14.7. The Morgan fingerprint density at radius 3 is 1.33 bits per heavy atom. The van der Waals surface area contributed by atoms with Gasteiger partial charge in [-0.15, -0.1) is 13.2 Å². The Labute approximate surface area is 57.4 Å². The maximum absolute atomic E-state index is 3.00. The highest BCUT2D eigenvalue weighted by atomic mass is 16.0. The van der Waals surface area contributed by atoms with Crippen molar-refractivity contribution >= 4 is 0 Å². The first-order valence-electron chi connectivity index (χ1n) is 3.15. The molecule has 9 heavy (non-hydrogen) atoms. The zero-order valence-electron chi connectivity index (χ0n) is 5.90. The van der Waals surface area contributed by atoms with Crippen LogP contribution in [0.1, 0.15) is 25.7 Å². The van der Waals surface area contributed by atoms with E-state index >= 15 is 0 Å². The quantitative estimate of drug-likeness (QED) is 0.447. The Bertz CT molecular complexity index is 59.0. The first-order chi connectivity index (χ1) is 4.00. The summed E-state index contributed by atoms with van der Waals surface area (Å²) in [5.74, 6) is 0. The summed E-state index contributed by atoms with van der Waals surface area (Å²) in [5, 5.41) is 0. The van der Waals surface area contributed by atoms with Crippen LogP contribution in [0.2, 0.25) is 0 Å². The van der Waals surface area contributed by atoms with E-state index in [0.29, 0.717) is 0 Å². The van der Waals surface area contributed by atoms with Crippen LogP contribution in [0.15, 0.2) is 25.3 Å². The third kappa shape index (κ3) is 7.44. The molecule has 0 saturated heterocycles. The second-order valence-corrected chi connectivity index (χ2v) is 1.76. The maximum Gasteiger partial charge on any atom is -0.0351 e. The molecule has 0 heterocycles. The minimum atomic E-state index is 0. The van der Waals surface area contributed by atoms with Gasteiger partial charge in [-0.1, -0.05) is 12.2 Å². The molecule has 0 unspecified atom stereocenters. The van der Waals surface area contributed by atoms with Gasteiger partial charge in [0.2, 0.25) is 0 Å². The van der Waals surface area contributed by atoms with Crippen LogP contribution < -0.4 is 0 Å². The van der Waals surface area contributed by atoms with Crippen LogP contribution in [-0.2, 0) is 0 Å². The predicted octanol–water partition coefficient (Wildman–Crippen LogP) is 2.09. The molecule has 0 aliphatic heterocycles. The van der Waals surface area contributed by atoms with Gasteiger partial charge in [-0.3, -0.25) is 0 Å². The van der Waals surface area contributed by atoms with E-state index in [-0.39, 0.29) is 5.48 Å². The monoisotopic (exact) mass is 128 g/mol. The van der Waals surface area contributed by atoms with Crippen molar-refractivity contribution in [1.29, 1.82) is 0 Å². The summed E-state index contributed by atoms with van der Waals surface area (Å²) in [4.78, 5) is 0. The molecule has 0 fully saturated rings. The van der Waals surface area contributed by atoms with Gasteiger partial charge in [-0.25, -0.2) is 0 Å². The number of rotatable bonds is 0. The van der Waals surface area contributed by atoms with Crippen molar-refractivity contribution < 1.29 is 5.48 Å². The fourth-order valence-corrected chi connectivity index (χ4v) is 0.760. The molecule has 54 valence electrons. The van der Waals surface area contributed by atoms with E-state index in [1.165, 1.54) is 25.7 Å². The summed E-state index contributed by atoms with van der Waals surface area (Å²) in [7, 11) is 0. The van der Waals surface area contributed by atoms with E-state index in [4.69, 9.17) is 0 Å². The molecule has 0 saturated carbocycles. The van der Waals surface area contributed by atoms with Gasteiger partial charge in [0.15, 0.2) is 0 Å². The molecule has 0 aromatic carbocycles. The molecular weight excluding hydrogens is 112 g/mol. The van der Waals surface area contributed by atoms with Crippen LogP contribution in [0, 0.1) is 0 Å². The summed E-state index contributed by atoms with van der Waals surface area (Å²) in [5.41, 5.74) is 0. The van der Waals surface area contributed by atoms with Crippen molar-refractivity contribution in [3.63, 3.8) is 0 Å². The van der Waals surface area contributed by atoms with Gasteiger partial charge < -0.3 is 5.48 Å². The van der Waals surface area contributed by atoms with Crippen LogP contribution in [0.3, 0.4) is 0 Å². The first kappa shape index (κ1) is 11.3. The summed E-state index contributed by atoms with van der Waals surface area (Å²) in [6.45, 7) is 6.00. The third-order valence-electron chi connectivity index (χ3n) is 1.16. The summed E-state index contributed by atoms with van der Waals surface area (Å²) < 4.78 is 0. The van der Waals surface area contributed by atoms with Crippen LogP contribution in [0.5, 0.6) is 0 Å². The molecule has 0 aromatic heterocycles. The van der Waals surface area contributed by atoms with E-state index < -0.39 is 0 Å². The van der Waals surface area contributed by atoms with E-state index in [1.807, 2.05) is 0 Å². The molecule has 0 atom stereocenters. The lowest BCUT2D eigenvalue weighted by Crippen LogP contribution is -1.77. The second kappa shape index (κ2) is 10.4. The molecule has 1 aliphatic carbocycles. The third-order valence-corrected chi connectivity index (χ3v) is 1.16. The molecule has 0 aromatic rings. The number of hydrogen-bond donors (Lipinski definition) is 0. The average Bonchev–Trinajstić information content (AvgIpc) is 1.96. The van der Waals surface area contributed by atoms with Crippen molar-refractivity contribution in [3.8, 4) is 0 Å². The van der Waals surface area contributed by atoms with Crippen molar-refractivity contribution in [2.75, 3.05) is 0 Å². The molecule has 1 nitrogen and oxygen atoms in total. The second-order valence-electron chi connectivity index (χ2n) is 1.76. The van der Waals surface area contributed by atoms with E-state index in [9.17, 15) is 0 Å². The molecule has 0 radical (unpaired) electrons. The number of allylic oxidation sites excluding steroid dienone is 2. The fourth-order valence-electron chi connectivity index (χ4n) is 0.760. The van der Waals surface area contributed by atoms with Gasteiger partial charge in [0, 0.05) is 0 Å². The molecule has 0 amide bonds. The van der Waals surface area contributed by atoms with Gasteiger partial charge in [0.05, 0.1) is 0 Å². The van der Waals surface area contributed by atoms with E-state index in [0.717, 1.165) is 0 Å². The van der Waals surface area contributed by atoms with Gasteiger partial charge in [0.1, 0.15) is 0 Å². The summed E-state index contributed by atoms with van der Waals surface area (Å²) in [6, 6.07) is 0. The van der Waals surface area contributed by atoms with Crippen LogP contribution >= 0.6 is 0 Å². The lowest BCUT2D eigenvalue weighted by Gasteiger charge is -1.97. The Morgan fingerprint density at radius 2 is 1.22 bits per heavy atom. The maximum atomic E-state index is 3.00. The molecule has 1 heteroatoms. The topological polar surface area (TPSA) is 31.5 Å². The molecule has 0 bridgehead atoms. The predicted molar refractivity (Wildman–Crippen MR) is 42.5 cm³/mol. The molecule has 1 rings (SSSR count). The zero-order valence-corrected chi connectivity index (χ0v) is 5.90. The largest absolute Gasteiger partial charge is 0.412 e. The van der Waals surface area contributed by atoms with Crippen molar-refractivity contribution in [3.05, 3.63) is 25.3 Å². The lowest BCUT2D eigenvalue weighted by atomic mass is 10.1. The summed E-state index contributed by atoms with van der Waals surface area (Å²) >= 11 is 0. The lowest BCUT2D eigenvalue weighted by molar-refractivity contribution is 0.730. The Hall–Kier alpha value is -0.560. The first-order valence-corrected chi connectivity index (χ1v) is 3.15. The summed E-state index contributed by atoms with van der Waals surface area (Å²) in [6.07, 6.45) is 10.0. The van der Waals surface area contributed by atoms with E-state index in [1.54, 1.807) is 0 Å². The standard InChI is InChI=1S/C6H10.C2H4.H2O/c1-2-4-6-5-3-1;1-2;/h1-2H,3-6H2;1-2H2;1H2. The van der Waals surface area contributed by atoms with Gasteiger partial charge >= 0.3 is 0 Å². The average molecular weight is 128 g/mol. The highest BCUT2D eigenvalue weighted by Gasteiger charge is 1.87. The van der Waals surface area contributed by atoms with Crippen LogP contribution in [0.4, 0.5) is 0 Å². The Balaban J connectivity index is 0. The van der Waals surface area contributed by atoms with Crippen molar-refractivity contribution in [2.24, 2.45) is 0 Å². The minimum absolute atomic E-state index is 0. The number of hydrogen-bond acceptors (Lipinski definition) is 0. The van der Waals surface area contributed by atoms with Crippen molar-refractivity contribution in [1.82, 2.24) is 0 Å². The zero-order chi connectivity index (χ0) is 6.24. The van der Waals surface area contributed by atoms with E-state index in [2.05, 4.69) is 25.3 Å². The molecule has 1 aliphatic rings. The SMILES string of the molecule is C1=CCCCC1.C=C.O.